The fraction of sp³-hybridized carbons (Fsp3) is 0. The van der Waals surface area contributed by atoms with Gasteiger partial charge >= 0.3 is 0 Å². The second-order valence-electron chi connectivity index (χ2n) is 2.58. The predicted octanol–water partition coefficient (Wildman–Crippen LogP) is 3.18. The van der Waals surface area contributed by atoms with Gasteiger partial charge in [-0.1, -0.05) is 11.3 Å². The Morgan fingerprint density at radius 1 is 1.46 bits per heavy atom. The van der Waals surface area contributed by atoms with Gasteiger partial charge in [0.25, 0.3) is 0 Å². The van der Waals surface area contributed by atoms with Crippen LogP contribution in [0.5, 0.6) is 5.06 Å². The lowest BCUT2D eigenvalue weighted by molar-refractivity contribution is 0.112. The van der Waals surface area contributed by atoms with E-state index in [1.807, 2.05) is 6.07 Å². The minimum absolute atomic E-state index is 0.227. The number of aldehydes is 1. The molecule has 0 atom stereocenters. The number of carbonyl (C=O) groups excluding carboxylic acids is 1. The average Bonchev–Trinajstić information content (AvgIpc) is 2.48. The molecule has 0 aliphatic carbocycles. The molecule has 0 saturated carbocycles. The third-order valence-corrected chi connectivity index (χ3v) is 3.68. The van der Waals surface area contributed by atoms with Gasteiger partial charge in [-0.2, -0.15) is 0 Å². The molecule has 66 valence electrons. The molecule has 0 radical (unpaired) electrons. The van der Waals surface area contributed by atoms with Crippen LogP contribution in [0, 0.1) is 0 Å². The number of hydrogen-bond acceptors (Lipinski definition) is 3. The molecule has 1 N–H and O–H groups in total. The number of halogens is 1. The molecular formula is C9H5BrO2S. The van der Waals surface area contributed by atoms with E-state index in [4.69, 9.17) is 0 Å². The van der Waals surface area contributed by atoms with E-state index in [2.05, 4.69) is 15.9 Å². The first-order valence-corrected chi connectivity index (χ1v) is 5.19. The number of carbonyl (C=O) groups is 1. The van der Waals surface area contributed by atoms with Crippen molar-refractivity contribution in [1.29, 1.82) is 0 Å². The van der Waals surface area contributed by atoms with Gasteiger partial charge in [-0.3, -0.25) is 4.79 Å². The van der Waals surface area contributed by atoms with Crippen molar-refractivity contribution in [2.45, 2.75) is 0 Å². The normalized spacial score (nSPS) is 10.5. The number of fused-ring (bicyclic) bond motifs is 1. The summed E-state index contributed by atoms with van der Waals surface area (Å²) in [6, 6.07) is 5.14. The van der Waals surface area contributed by atoms with Crippen LogP contribution < -0.4 is 0 Å². The Bertz CT molecular complexity index is 476. The maximum absolute atomic E-state index is 10.6. The Morgan fingerprint density at radius 3 is 2.92 bits per heavy atom. The van der Waals surface area contributed by atoms with E-state index in [9.17, 15) is 9.90 Å². The van der Waals surface area contributed by atoms with Gasteiger partial charge in [-0.05, 0) is 28.1 Å². The van der Waals surface area contributed by atoms with E-state index in [1.54, 1.807) is 12.1 Å². The van der Waals surface area contributed by atoms with Crippen LogP contribution >= 0.6 is 27.3 Å². The van der Waals surface area contributed by atoms with E-state index < -0.39 is 0 Å². The molecule has 1 aromatic carbocycles. The highest BCUT2D eigenvalue weighted by Crippen LogP contribution is 2.37. The largest absolute Gasteiger partial charge is 0.499 e. The fourth-order valence-corrected chi connectivity index (χ4v) is 2.63. The number of aromatic hydroxyl groups is 1. The van der Waals surface area contributed by atoms with Gasteiger partial charge in [0.05, 0.1) is 4.70 Å². The summed E-state index contributed by atoms with van der Waals surface area (Å²) in [6.07, 6.45) is 0.793. The van der Waals surface area contributed by atoms with Crippen LogP contribution in [0.25, 0.3) is 10.1 Å². The van der Waals surface area contributed by atoms with Crippen LogP contribution in [-0.2, 0) is 0 Å². The third-order valence-electron chi connectivity index (χ3n) is 1.78. The highest BCUT2D eigenvalue weighted by Gasteiger charge is 2.07. The van der Waals surface area contributed by atoms with Crippen molar-refractivity contribution >= 4 is 43.6 Å². The molecule has 0 amide bonds. The summed E-state index contributed by atoms with van der Waals surface area (Å²) in [4.78, 5) is 10.6. The topological polar surface area (TPSA) is 37.3 Å². The first-order chi connectivity index (χ1) is 6.22. The second-order valence-corrected chi connectivity index (χ2v) is 4.47. The molecule has 0 fully saturated rings. The summed E-state index contributed by atoms with van der Waals surface area (Å²) in [5.41, 5.74) is 0.606. The van der Waals surface area contributed by atoms with Gasteiger partial charge in [0.2, 0.25) is 0 Å². The van der Waals surface area contributed by atoms with Gasteiger partial charge in [-0.15, -0.1) is 0 Å². The number of hydrogen-bond donors (Lipinski definition) is 1. The van der Waals surface area contributed by atoms with Gasteiger partial charge in [0.15, 0.2) is 11.3 Å². The molecule has 0 unspecified atom stereocenters. The highest BCUT2D eigenvalue weighted by molar-refractivity contribution is 9.10. The van der Waals surface area contributed by atoms with Crippen molar-refractivity contribution in [2.24, 2.45) is 0 Å². The molecule has 0 spiro atoms. The number of rotatable bonds is 1. The van der Waals surface area contributed by atoms with Crippen LogP contribution in [-0.4, -0.2) is 11.4 Å². The molecule has 0 aliphatic heterocycles. The zero-order valence-corrected chi connectivity index (χ0v) is 8.85. The maximum Gasteiger partial charge on any atom is 0.172 e. The van der Waals surface area contributed by atoms with E-state index in [1.165, 1.54) is 11.3 Å². The number of thiophene rings is 1. The smallest absolute Gasteiger partial charge is 0.172 e. The Balaban J connectivity index is 2.91. The summed E-state index contributed by atoms with van der Waals surface area (Å²) in [7, 11) is 0. The van der Waals surface area contributed by atoms with Crippen LogP contribution in [0.3, 0.4) is 0 Å². The molecule has 2 aromatic rings. The highest BCUT2D eigenvalue weighted by atomic mass is 79.9. The minimum Gasteiger partial charge on any atom is -0.499 e. The Hall–Kier alpha value is -0.870. The lowest BCUT2D eigenvalue weighted by Crippen LogP contribution is -1.79. The van der Waals surface area contributed by atoms with E-state index in [0.29, 0.717) is 5.56 Å². The van der Waals surface area contributed by atoms with Gasteiger partial charge in [0, 0.05) is 21.5 Å². The minimum atomic E-state index is 0.227. The van der Waals surface area contributed by atoms with Crippen molar-refractivity contribution in [3.8, 4) is 5.06 Å². The molecule has 1 heterocycles. The van der Waals surface area contributed by atoms with E-state index in [-0.39, 0.29) is 5.06 Å². The molecule has 0 saturated heterocycles. The maximum atomic E-state index is 10.6. The number of benzene rings is 1. The Kier molecular flexibility index (Phi) is 2.09. The molecule has 2 rings (SSSR count). The van der Waals surface area contributed by atoms with Gasteiger partial charge in [0.1, 0.15) is 0 Å². The molecule has 1 aromatic heterocycles. The summed E-state index contributed by atoms with van der Waals surface area (Å²) >= 11 is 4.61. The summed E-state index contributed by atoms with van der Waals surface area (Å²) in [5.74, 6) is 0. The molecular weight excluding hydrogens is 252 g/mol. The van der Waals surface area contributed by atoms with Gasteiger partial charge in [-0.25, -0.2) is 0 Å². The van der Waals surface area contributed by atoms with Crippen molar-refractivity contribution in [2.75, 3.05) is 0 Å². The predicted molar refractivity (Wildman–Crippen MR) is 56.6 cm³/mol. The van der Waals surface area contributed by atoms with Crippen molar-refractivity contribution in [3.05, 3.63) is 28.2 Å². The zero-order chi connectivity index (χ0) is 9.42. The molecule has 0 aliphatic rings. The molecule has 13 heavy (non-hydrogen) atoms. The summed E-state index contributed by atoms with van der Waals surface area (Å²) < 4.78 is 1.81. The third kappa shape index (κ3) is 1.36. The SMILES string of the molecule is O=Cc1ccc(Br)c2sc(O)cc12. The Labute approximate surface area is 86.9 Å². The van der Waals surface area contributed by atoms with Crippen molar-refractivity contribution < 1.29 is 9.90 Å². The standard InChI is InChI=1S/C9H5BrO2S/c10-7-2-1-5(4-11)6-3-8(12)13-9(6)7/h1-4,12H. The van der Waals surface area contributed by atoms with E-state index in [0.717, 1.165) is 20.8 Å². The summed E-state index contributed by atoms with van der Waals surface area (Å²) in [5, 5.41) is 10.3. The lowest BCUT2D eigenvalue weighted by atomic mass is 10.1. The molecule has 4 heteroatoms. The zero-order valence-electron chi connectivity index (χ0n) is 6.45. The van der Waals surface area contributed by atoms with Crippen molar-refractivity contribution in [1.82, 2.24) is 0 Å². The average molecular weight is 257 g/mol. The Morgan fingerprint density at radius 2 is 2.23 bits per heavy atom. The monoisotopic (exact) mass is 256 g/mol. The van der Waals surface area contributed by atoms with Gasteiger partial charge < -0.3 is 5.11 Å². The summed E-state index contributed by atoms with van der Waals surface area (Å²) in [6.45, 7) is 0. The first kappa shape index (κ1) is 8.72. The quantitative estimate of drug-likeness (QED) is 0.796. The van der Waals surface area contributed by atoms with Crippen molar-refractivity contribution in [3.63, 3.8) is 0 Å². The van der Waals surface area contributed by atoms with Crippen LogP contribution in [0.2, 0.25) is 0 Å². The van der Waals surface area contributed by atoms with Crippen LogP contribution in [0.15, 0.2) is 22.7 Å². The lowest BCUT2D eigenvalue weighted by Gasteiger charge is -1.95. The second kappa shape index (κ2) is 3.12. The van der Waals surface area contributed by atoms with Crippen LogP contribution in [0.1, 0.15) is 10.4 Å². The molecule has 2 nitrogen and oxygen atoms in total. The van der Waals surface area contributed by atoms with Crippen LogP contribution in [0.4, 0.5) is 0 Å². The van der Waals surface area contributed by atoms with E-state index >= 15 is 0 Å². The first-order valence-electron chi connectivity index (χ1n) is 3.58. The molecule has 0 bridgehead atoms. The fourth-order valence-electron chi connectivity index (χ4n) is 1.20.